The van der Waals surface area contributed by atoms with Gasteiger partial charge in [-0.3, -0.25) is 4.79 Å². The smallest absolute Gasteiger partial charge is 0.406 e. The highest BCUT2D eigenvalue weighted by atomic mass is 32.2. The van der Waals surface area contributed by atoms with Gasteiger partial charge < -0.3 is 9.64 Å². The van der Waals surface area contributed by atoms with Crippen molar-refractivity contribution in [2.75, 3.05) is 16.4 Å². The number of carbonyl (C=O) groups excluding carboxylic acids is 1. The van der Waals surface area contributed by atoms with E-state index >= 15 is 0 Å². The number of sulfone groups is 1. The first-order valence-corrected chi connectivity index (χ1v) is 11.4. The molecular formula is C17H19F3N2O4S2. The van der Waals surface area contributed by atoms with Crippen LogP contribution in [0.1, 0.15) is 26.2 Å². The summed E-state index contributed by atoms with van der Waals surface area (Å²) >= 11 is 1.23. The molecule has 1 aromatic carbocycles. The number of nitrogens with zero attached hydrogens (tertiary/aromatic N) is 2. The molecule has 2 atom stereocenters. The number of benzene rings is 1. The molecule has 2 aliphatic rings. The maximum atomic E-state index is 12.4. The van der Waals surface area contributed by atoms with Crippen molar-refractivity contribution in [3.63, 3.8) is 0 Å². The number of alkyl halides is 3. The Balaban J connectivity index is 1.88. The number of halogens is 3. The molecule has 0 bridgehead atoms. The minimum atomic E-state index is -4.80. The molecule has 1 amide bonds. The molecule has 0 N–H and O–H groups in total. The van der Waals surface area contributed by atoms with Crippen LogP contribution >= 0.6 is 11.8 Å². The Morgan fingerprint density at radius 2 is 1.96 bits per heavy atom. The lowest BCUT2D eigenvalue weighted by molar-refractivity contribution is -0.274. The van der Waals surface area contributed by atoms with Crippen LogP contribution in [0, 0.1) is 0 Å². The molecule has 11 heteroatoms. The van der Waals surface area contributed by atoms with E-state index in [2.05, 4.69) is 9.73 Å². The predicted molar refractivity (Wildman–Crippen MR) is 101 cm³/mol. The van der Waals surface area contributed by atoms with Crippen molar-refractivity contribution in [2.45, 2.75) is 43.8 Å². The summed E-state index contributed by atoms with van der Waals surface area (Å²) in [6.07, 6.45) is -2.96. The predicted octanol–water partition coefficient (Wildman–Crippen LogP) is 3.38. The van der Waals surface area contributed by atoms with Crippen molar-refractivity contribution in [1.29, 1.82) is 0 Å². The summed E-state index contributed by atoms with van der Waals surface area (Å²) in [5.41, 5.74) is 0.466. The lowest BCUT2D eigenvalue weighted by atomic mass is 10.2. The molecule has 3 rings (SSSR count). The monoisotopic (exact) mass is 436 g/mol. The van der Waals surface area contributed by atoms with Crippen LogP contribution in [0.15, 0.2) is 29.3 Å². The molecule has 2 aliphatic heterocycles. The molecule has 0 spiro atoms. The van der Waals surface area contributed by atoms with Crippen LogP contribution in [0.4, 0.5) is 18.9 Å². The summed E-state index contributed by atoms with van der Waals surface area (Å²) < 4.78 is 64.9. The van der Waals surface area contributed by atoms with Crippen molar-refractivity contribution in [3.05, 3.63) is 24.3 Å². The molecule has 2 heterocycles. The number of rotatable bonds is 5. The molecular weight excluding hydrogens is 417 g/mol. The van der Waals surface area contributed by atoms with Gasteiger partial charge in [0.2, 0.25) is 5.91 Å². The van der Waals surface area contributed by atoms with Gasteiger partial charge in [0.1, 0.15) is 5.75 Å². The van der Waals surface area contributed by atoms with E-state index in [0.29, 0.717) is 23.7 Å². The first-order valence-electron chi connectivity index (χ1n) is 8.71. The summed E-state index contributed by atoms with van der Waals surface area (Å²) in [6, 6.07) is 4.70. The minimum absolute atomic E-state index is 0.0176. The van der Waals surface area contributed by atoms with E-state index in [1.54, 1.807) is 4.90 Å². The molecule has 0 saturated carbocycles. The highest BCUT2D eigenvalue weighted by Gasteiger charge is 2.49. The summed E-state index contributed by atoms with van der Waals surface area (Å²) in [7, 11) is -3.22. The molecule has 6 nitrogen and oxygen atoms in total. The zero-order chi connectivity index (χ0) is 20.5. The van der Waals surface area contributed by atoms with E-state index in [4.69, 9.17) is 0 Å². The van der Waals surface area contributed by atoms with Gasteiger partial charge in [-0.25, -0.2) is 8.42 Å². The number of amides is 1. The Bertz CT molecular complexity index is 869. The third-order valence-corrected chi connectivity index (χ3v) is 7.59. The number of hydrogen-bond acceptors (Lipinski definition) is 5. The van der Waals surface area contributed by atoms with Gasteiger partial charge >= 0.3 is 6.36 Å². The van der Waals surface area contributed by atoms with Crippen LogP contribution in [0.5, 0.6) is 5.75 Å². The highest BCUT2D eigenvalue weighted by Crippen LogP contribution is 2.41. The zero-order valence-electron chi connectivity index (χ0n) is 15.0. The van der Waals surface area contributed by atoms with Gasteiger partial charge in [0.25, 0.3) is 0 Å². The maximum Gasteiger partial charge on any atom is 0.573 e. The normalized spacial score (nSPS) is 25.1. The van der Waals surface area contributed by atoms with Crippen LogP contribution in [-0.2, 0) is 14.6 Å². The van der Waals surface area contributed by atoms with Crippen LogP contribution < -0.4 is 9.64 Å². The second-order valence-corrected chi connectivity index (χ2v) is 9.96. The van der Waals surface area contributed by atoms with Gasteiger partial charge in [0, 0.05) is 17.4 Å². The fourth-order valence-corrected chi connectivity index (χ4v) is 7.10. The third-order valence-electron chi connectivity index (χ3n) is 4.38. The Labute approximate surface area is 165 Å². The largest absolute Gasteiger partial charge is 0.573 e. The van der Waals surface area contributed by atoms with Crippen molar-refractivity contribution in [3.8, 4) is 5.75 Å². The van der Waals surface area contributed by atoms with Crippen molar-refractivity contribution >= 4 is 38.4 Å². The third kappa shape index (κ3) is 4.99. The number of amidine groups is 1. The van der Waals surface area contributed by atoms with Crippen molar-refractivity contribution in [2.24, 2.45) is 4.99 Å². The molecule has 28 heavy (non-hydrogen) atoms. The second kappa shape index (κ2) is 7.94. The summed E-state index contributed by atoms with van der Waals surface area (Å²) in [5, 5.41) is 0.115. The standard InChI is InChI=1S/C17H19F3N2O4S2/c1-2-3-4-15(23)21-16-22(13-9-28(24,25)10-14(13)27-16)11-5-7-12(8-6-11)26-17(18,19)20/h5-8,13-14H,2-4,9-10H2,1H3/t13-,14+/m1/s1. The van der Waals surface area contributed by atoms with E-state index < -0.39 is 22.2 Å². The SMILES string of the molecule is CCCCC(=O)N=C1S[C@H]2CS(=O)(=O)C[C@H]2N1c1ccc(OC(F)(F)F)cc1. The van der Waals surface area contributed by atoms with Crippen LogP contribution in [0.3, 0.4) is 0 Å². The first-order chi connectivity index (χ1) is 13.1. The molecule has 2 fully saturated rings. The highest BCUT2D eigenvalue weighted by molar-refractivity contribution is 8.16. The fourth-order valence-electron chi connectivity index (χ4n) is 3.17. The van der Waals surface area contributed by atoms with E-state index in [1.165, 1.54) is 23.9 Å². The van der Waals surface area contributed by atoms with Crippen LogP contribution in [-0.4, -0.2) is 48.7 Å². The van der Waals surface area contributed by atoms with Gasteiger partial charge in [-0.15, -0.1) is 13.2 Å². The molecule has 1 aromatic rings. The van der Waals surface area contributed by atoms with E-state index in [9.17, 15) is 26.4 Å². The van der Waals surface area contributed by atoms with E-state index in [0.717, 1.165) is 18.6 Å². The van der Waals surface area contributed by atoms with Crippen LogP contribution in [0.2, 0.25) is 0 Å². The summed E-state index contributed by atoms with van der Waals surface area (Å²) in [6.45, 7) is 1.96. The van der Waals surface area contributed by atoms with Gasteiger partial charge in [-0.05, 0) is 30.7 Å². The van der Waals surface area contributed by atoms with Gasteiger partial charge in [0.15, 0.2) is 15.0 Å². The quantitative estimate of drug-likeness (QED) is 0.705. The molecule has 0 aliphatic carbocycles. The van der Waals surface area contributed by atoms with Gasteiger partial charge in [-0.2, -0.15) is 4.99 Å². The second-order valence-electron chi connectivity index (χ2n) is 6.60. The Kier molecular flexibility index (Phi) is 5.95. The van der Waals surface area contributed by atoms with Gasteiger partial charge in [-0.1, -0.05) is 25.1 Å². The van der Waals surface area contributed by atoms with Crippen LogP contribution in [0.25, 0.3) is 0 Å². The lowest BCUT2D eigenvalue weighted by Gasteiger charge is -2.24. The summed E-state index contributed by atoms with van der Waals surface area (Å²) in [4.78, 5) is 17.9. The zero-order valence-corrected chi connectivity index (χ0v) is 16.6. The van der Waals surface area contributed by atoms with Crippen molar-refractivity contribution in [1.82, 2.24) is 0 Å². The number of unbranched alkanes of at least 4 members (excludes halogenated alkanes) is 1. The minimum Gasteiger partial charge on any atom is -0.406 e. The lowest BCUT2D eigenvalue weighted by Crippen LogP contribution is -2.37. The average Bonchev–Trinajstić information content (AvgIpc) is 3.03. The number of fused-ring (bicyclic) bond motifs is 1. The Hall–Kier alpha value is -1.75. The maximum absolute atomic E-state index is 12.4. The Morgan fingerprint density at radius 3 is 2.57 bits per heavy atom. The first kappa shape index (κ1) is 21.0. The molecule has 0 aromatic heterocycles. The van der Waals surface area contributed by atoms with E-state index in [1.807, 2.05) is 6.92 Å². The fraction of sp³-hybridized carbons (Fsp3) is 0.529. The molecule has 2 saturated heterocycles. The average molecular weight is 436 g/mol. The summed E-state index contributed by atoms with van der Waals surface area (Å²) in [5.74, 6) is -0.783. The Morgan fingerprint density at radius 1 is 1.29 bits per heavy atom. The molecule has 154 valence electrons. The number of hydrogen-bond donors (Lipinski definition) is 0. The van der Waals surface area contributed by atoms with Crippen molar-refractivity contribution < 1.29 is 31.1 Å². The number of carbonyl (C=O) groups is 1. The number of anilines is 1. The molecule has 0 unspecified atom stereocenters. The van der Waals surface area contributed by atoms with E-state index in [-0.39, 0.29) is 28.4 Å². The topological polar surface area (TPSA) is 76.0 Å². The number of aliphatic imine (C=N–C) groups is 1. The number of ether oxygens (including phenoxy) is 1. The number of thioether (sulfide) groups is 1. The van der Waals surface area contributed by atoms with Gasteiger partial charge in [0.05, 0.1) is 17.5 Å². The molecule has 0 radical (unpaired) electrons.